The number of halogens is 1. The first-order valence-electron chi connectivity index (χ1n) is 11.6. The van der Waals surface area contributed by atoms with Crippen molar-refractivity contribution in [3.05, 3.63) is 59.9 Å². The molecule has 0 aliphatic heterocycles. The highest BCUT2D eigenvalue weighted by Crippen LogP contribution is 2.23. The fourth-order valence-corrected chi connectivity index (χ4v) is 4.41. The van der Waals surface area contributed by atoms with E-state index in [4.69, 9.17) is 4.74 Å². The number of carbonyl (C=O) groups excluding carboxylic acids is 2. The summed E-state index contributed by atoms with van der Waals surface area (Å²) in [6.45, 7) is 5.99. The van der Waals surface area contributed by atoms with Crippen molar-refractivity contribution >= 4 is 27.5 Å². The SMILES string of the molecule is CCCNC(=O)C(CC)N(Cc1ccc(F)cc1)C(=O)CN(c1ccc(OCC)cc1)S(C)(=O)=O. The van der Waals surface area contributed by atoms with Gasteiger partial charge in [0.2, 0.25) is 21.8 Å². The molecular weight excluding hydrogens is 473 g/mol. The van der Waals surface area contributed by atoms with Crippen molar-refractivity contribution in [3.63, 3.8) is 0 Å². The zero-order chi connectivity index (χ0) is 26.0. The maximum Gasteiger partial charge on any atom is 0.244 e. The molecule has 1 N–H and O–H groups in total. The first-order valence-corrected chi connectivity index (χ1v) is 13.5. The molecule has 0 spiro atoms. The normalized spacial score (nSPS) is 12.0. The topological polar surface area (TPSA) is 96.0 Å². The van der Waals surface area contributed by atoms with Crippen LogP contribution in [0.5, 0.6) is 5.75 Å². The molecule has 0 aliphatic carbocycles. The maximum atomic E-state index is 13.5. The Morgan fingerprint density at radius 2 is 1.66 bits per heavy atom. The lowest BCUT2D eigenvalue weighted by Gasteiger charge is -2.33. The second-order valence-electron chi connectivity index (χ2n) is 8.06. The summed E-state index contributed by atoms with van der Waals surface area (Å²) in [5.41, 5.74) is 0.919. The molecule has 1 unspecified atom stereocenters. The lowest BCUT2D eigenvalue weighted by atomic mass is 10.1. The van der Waals surface area contributed by atoms with Crippen LogP contribution in [0.2, 0.25) is 0 Å². The van der Waals surface area contributed by atoms with E-state index in [0.29, 0.717) is 36.6 Å². The number of hydrogen-bond acceptors (Lipinski definition) is 5. The molecule has 2 aromatic rings. The zero-order valence-electron chi connectivity index (χ0n) is 20.7. The number of sulfonamides is 1. The van der Waals surface area contributed by atoms with Gasteiger partial charge in [-0.1, -0.05) is 26.0 Å². The van der Waals surface area contributed by atoms with Crippen LogP contribution in [0, 0.1) is 5.82 Å². The van der Waals surface area contributed by atoms with Crippen LogP contribution in [-0.2, 0) is 26.2 Å². The Morgan fingerprint density at radius 1 is 1.03 bits per heavy atom. The molecule has 2 amide bonds. The Bertz CT molecular complexity index is 1080. The van der Waals surface area contributed by atoms with Crippen molar-refractivity contribution in [2.75, 3.05) is 30.3 Å². The molecule has 1 atom stereocenters. The molecule has 0 heterocycles. The number of anilines is 1. The lowest BCUT2D eigenvalue weighted by Crippen LogP contribution is -2.52. The van der Waals surface area contributed by atoms with Crippen LogP contribution in [0.4, 0.5) is 10.1 Å². The van der Waals surface area contributed by atoms with Gasteiger partial charge in [0.1, 0.15) is 24.2 Å². The number of carbonyl (C=O) groups is 2. The summed E-state index contributed by atoms with van der Waals surface area (Å²) in [4.78, 5) is 27.8. The second-order valence-corrected chi connectivity index (χ2v) is 9.97. The Kier molecular flexibility index (Phi) is 10.5. The maximum absolute atomic E-state index is 13.5. The summed E-state index contributed by atoms with van der Waals surface area (Å²) in [5.74, 6) is -0.713. The molecule has 2 aromatic carbocycles. The smallest absolute Gasteiger partial charge is 0.244 e. The highest BCUT2D eigenvalue weighted by Gasteiger charge is 2.31. The van der Waals surface area contributed by atoms with E-state index in [1.165, 1.54) is 29.2 Å². The van der Waals surface area contributed by atoms with Crippen molar-refractivity contribution in [2.45, 2.75) is 46.2 Å². The first kappa shape index (κ1) is 28.1. The number of amides is 2. The van der Waals surface area contributed by atoms with E-state index in [0.717, 1.165) is 17.0 Å². The van der Waals surface area contributed by atoms with Gasteiger partial charge in [-0.25, -0.2) is 12.8 Å². The average Bonchev–Trinajstić information content (AvgIpc) is 2.82. The number of rotatable bonds is 13. The molecule has 192 valence electrons. The molecule has 0 saturated carbocycles. The van der Waals surface area contributed by atoms with E-state index in [1.54, 1.807) is 31.2 Å². The van der Waals surface area contributed by atoms with E-state index in [1.807, 2.05) is 13.8 Å². The molecule has 8 nitrogen and oxygen atoms in total. The van der Waals surface area contributed by atoms with Gasteiger partial charge in [0, 0.05) is 13.1 Å². The molecule has 0 radical (unpaired) electrons. The van der Waals surface area contributed by atoms with Crippen LogP contribution >= 0.6 is 0 Å². The van der Waals surface area contributed by atoms with Gasteiger partial charge in [-0.15, -0.1) is 0 Å². The summed E-state index contributed by atoms with van der Waals surface area (Å²) in [6, 6.07) is 11.2. The summed E-state index contributed by atoms with van der Waals surface area (Å²) in [5, 5.41) is 2.81. The summed E-state index contributed by atoms with van der Waals surface area (Å²) in [6.07, 6.45) is 2.07. The fourth-order valence-electron chi connectivity index (χ4n) is 3.56. The average molecular weight is 508 g/mol. The Hall–Kier alpha value is -3.14. The van der Waals surface area contributed by atoms with Gasteiger partial charge in [-0.2, -0.15) is 0 Å². The number of nitrogens with one attached hydrogen (secondary N) is 1. The van der Waals surface area contributed by atoms with E-state index in [-0.39, 0.29) is 12.5 Å². The van der Waals surface area contributed by atoms with Crippen LogP contribution < -0.4 is 14.4 Å². The molecular formula is C25H34FN3O5S. The molecule has 35 heavy (non-hydrogen) atoms. The third-order valence-corrected chi connectivity index (χ3v) is 6.46. The van der Waals surface area contributed by atoms with Gasteiger partial charge >= 0.3 is 0 Å². The molecule has 0 aliphatic rings. The fraction of sp³-hybridized carbons (Fsp3) is 0.440. The number of benzene rings is 2. The summed E-state index contributed by atoms with van der Waals surface area (Å²) < 4.78 is 45.1. The zero-order valence-corrected chi connectivity index (χ0v) is 21.5. The van der Waals surface area contributed by atoms with E-state index in [9.17, 15) is 22.4 Å². The number of ether oxygens (including phenoxy) is 1. The van der Waals surface area contributed by atoms with Gasteiger partial charge in [-0.05, 0) is 61.7 Å². The monoisotopic (exact) mass is 507 g/mol. The molecule has 0 fully saturated rings. The number of nitrogens with zero attached hydrogens (tertiary/aromatic N) is 2. The van der Waals surface area contributed by atoms with Crippen LogP contribution in [0.3, 0.4) is 0 Å². The highest BCUT2D eigenvalue weighted by atomic mass is 32.2. The van der Waals surface area contributed by atoms with Crippen LogP contribution in [0.25, 0.3) is 0 Å². The predicted octanol–water partition coefficient (Wildman–Crippen LogP) is 3.32. The van der Waals surface area contributed by atoms with Crippen LogP contribution in [0.15, 0.2) is 48.5 Å². The molecule has 0 bridgehead atoms. The quantitative estimate of drug-likeness (QED) is 0.449. The van der Waals surface area contributed by atoms with Gasteiger partial charge in [0.25, 0.3) is 0 Å². The minimum absolute atomic E-state index is 0.0258. The van der Waals surface area contributed by atoms with Crippen molar-refractivity contribution in [3.8, 4) is 5.75 Å². The van der Waals surface area contributed by atoms with Gasteiger partial charge in [0.05, 0.1) is 18.6 Å². The van der Waals surface area contributed by atoms with E-state index < -0.39 is 34.3 Å². The predicted molar refractivity (Wildman–Crippen MR) is 134 cm³/mol. The third-order valence-electron chi connectivity index (χ3n) is 5.32. The third kappa shape index (κ3) is 8.24. The second kappa shape index (κ2) is 13.1. The molecule has 0 saturated heterocycles. The molecule has 10 heteroatoms. The summed E-state index contributed by atoms with van der Waals surface area (Å²) >= 11 is 0. The lowest BCUT2D eigenvalue weighted by molar-refractivity contribution is -0.140. The molecule has 0 aromatic heterocycles. The van der Waals surface area contributed by atoms with Crippen molar-refractivity contribution < 1.29 is 27.1 Å². The first-order chi connectivity index (χ1) is 16.6. The van der Waals surface area contributed by atoms with Crippen molar-refractivity contribution in [2.24, 2.45) is 0 Å². The largest absolute Gasteiger partial charge is 0.494 e. The van der Waals surface area contributed by atoms with Gasteiger partial charge < -0.3 is 15.0 Å². The highest BCUT2D eigenvalue weighted by molar-refractivity contribution is 7.92. The Balaban J connectivity index is 2.38. The van der Waals surface area contributed by atoms with Crippen molar-refractivity contribution in [1.29, 1.82) is 0 Å². The minimum atomic E-state index is -3.82. The van der Waals surface area contributed by atoms with Gasteiger partial charge in [-0.3, -0.25) is 13.9 Å². The van der Waals surface area contributed by atoms with Gasteiger partial charge in [0.15, 0.2) is 0 Å². The number of hydrogen-bond donors (Lipinski definition) is 1. The standard InChI is InChI=1S/C25H34FN3O5S/c1-5-16-27-25(31)23(6-2)28(17-19-8-10-20(26)11-9-19)24(30)18-29(35(4,32)33)21-12-14-22(15-13-21)34-7-3/h8-15,23H,5-7,16-18H2,1-4H3,(H,27,31). The van der Waals surface area contributed by atoms with Crippen LogP contribution in [0.1, 0.15) is 39.2 Å². The van der Waals surface area contributed by atoms with Crippen LogP contribution in [-0.4, -0.2) is 57.1 Å². The van der Waals surface area contributed by atoms with E-state index >= 15 is 0 Å². The van der Waals surface area contributed by atoms with E-state index in [2.05, 4.69) is 5.32 Å². The van der Waals surface area contributed by atoms with Crippen molar-refractivity contribution in [1.82, 2.24) is 10.2 Å². The minimum Gasteiger partial charge on any atom is -0.494 e. The summed E-state index contributed by atoms with van der Waals surface area (Å²) in [7, 11) is -3.82. The molecule has 2 rings (SSSR count). The Labute approximate surface area is 207 Å². The Morgan fingerprint density at radius 3 is 2.17 bits per heavy atom.